The number of benzene rings is 1. The number of piperidine rings is 1. The second-order valence-corrected chi connectivity index (χ2v) is 18.3. The van der Waals surface area contributed by atoms with Gasteiger partial charge in [-0.15, -0.1) is 0 Å². The highest BCUT2D eigenvalue weighted by molar-refractivity contribution is 6.07. The first-order valence-electron chi connectivity index (χ1n) is 21.7. The first-order chi connectivity index (χ1) is 30.7. The Labute approximate surface area is 368 Å². The fourth-order valence-corrected chi connectivity index (χ4v) is 10.2. The predicted octanol–water partition coefficient (Wildman–Crippen LogP) is 3.89. The van der Waals surface area contributed by atoms with Crippen molar-refractivity contribution in [3.05, 3.63) is 116 Å². The molecule has 1 aliphatic carbocycles. The summed E-state index contributed by atoms with van der Waals surface area (Å²) in [6.07, 6.45) is 7.33. The number of nitrogens with zero attached hydrogens (tertiary/aromatic N) is 8. The lowest BCUT2D eigenvalue weighted by Gasteiger charge is -2.36. The molecule has 0 radical (unpaired) electrons. The summed E-state index contributed by atoms with van der Waals surface area (Å²) in [5.41, 5.74) is 7.38. The Morgan fingerprint density at radius 3 is 2.47 bits per heavy atom. The van der Waals surface area contributed by atoms with Crippen molar-refractivity contribution in [3.8, 4) is 11.1 Å². The van der Waals surface area contributed by atoms with Crippen molar-refractivity contribution in [1.29, 1.82) is 0 Å². The second kappa shape index (κ2) is 15.8. The lowest BCUT2D eigenvalue weighted by atomic mass is 9.90. The highest BCUT2D eigenvalue weighted by atomic mass is 19.1. The van der Waals surface area contributed by atoms with Crippen molar-refractivity contribution in [2.24, 2.45) is 12.5 Å². The number of imide groups is 1. The highest BCUT2D eigenvalue weighted by Gasteiger charge is 2.40. The van der Waals surface area contributed by atoms with Crippen LogP contribution in [-0.4, -0.2) is 96.4 Å². The van der Waals surface area contributed by atoms with Crippen molar-refractivity contribution < 1.29 is 28.7 Å². The minimum absolute atomic E-state index is 0.148. The van der Waals surface area contributed by atoms with Crippen molar-refractivity contribution >= 4 is 46.6 Å². The topological polar surface area (TPSA) is 178 Å². The number of amides is 4. The number of aryl methyl sites for hydroxylation is 1. The maximum Gasteiger partial charge on any atom is 0.276 e. The summed E-state index contributed by atoms with van der Waals surface area (Å²) in [6.45, 7) is 8.40. The van der Waals surface area contributed by atoms with Gasteiger partial charge in [-0.2, -0.15) is 0 Å². The third-order valence-corrected chi connectivity index (χ3v) is 13.4. The summed E-state index contributed by atoms with van der Waals surface area (Å²) in [6, 6.07) is 11.5. The molecule has 4 amide bonds. The van der Waals surface area contributed by atoms with Crippen molar-refractivity contribution in [2.75, 3.05) is 47.8 Å². The number of nitrogens with one attached hydrogen (secondary N) is 2. The number of aliphatic hydroxyl groups is 1. The Kier molecular flexibility index (Phi) is 10.2. The summed E-state index contributed by atoms with van der Waals surface area (Å²) in [7, 11) is 1.66. The molecule has 2 fully saturated rings. The van der Waals surface area contributed by atoms with Crippen LogP contribution in [0.15, 0.2) is 65.8 Å². The number of pyridine rings is 3. The number of hydrogen-bond acceptors (Lipinski definition) is 11. The molecule has 5 aromatic rings. The smallest absolute Gasteiger partial charge is 0.276 e. The summed E-state index contributed by atoms with van der Waals surface area (Å²) < 4.78 is 19.0. The van der Waals surface area contributed by atoms with Crippen LogP contribution >= 0.6 is 0 Å². The van der Waals surface area contributed by atoms with Gasteiger partial charge in [0.25, 0.3) is 17.4 Å². The number of carbonyl (C=O) groups is 4. The summed E-state index contributed by atoms with van der Waals surface area (Å²) in [4.78, 5) is 81.3. The van der Waals surface area contributed by atoms with E-state index >= 15 is 4.39 Å². The molecule has 4 aromatic heterocycles. The predicted molar refractivity (Wildman–Crippen MR) is 236 cm³/mol. The van der Waals surface area contributed by atoms with Gasteiger partial charge >= 0.3 is 0 Å². The minimum atomic E-state index is -0.758. The average molecular weight is 869 g/mol. The molecule has 17 heteroatoms. The molecule has 16 nitrogen and oxygen atoms in total. The van der Waals surface area contributed by atoms with E-state index in [0.29, 0.717) is 91.0 Å². The number of carbonyl (C=O) groups excluding carboxylic acids is 4. The van der Waals surface area contributed by atoms with E-state index in [1.807, 2.05) is 18.2 Å². The fraction of sp³-hybridized carbons (Fsp3) is 0.383. The standard InChI is InChI=1S/C47H49FN10O6/c1-47(2)20-27-18-38-46(64)57(15-14-56(38)39(27)21-47)42-34(26-59)32(8-9-49-42)29-17-36(45(63)53(3)23-29)51-40-6-4-31(22-50-40)55-12-10-54(11-13-55)24-30-16-28-25-58(44(62)33(28)19-35(30)48)37-5-7-41(60)52-43(37)61/h4,6,8-9,16-19,22-23,37,59H,5,7,10-15,20-21,24-26H2,1-3H3,(H,50,51)(H,52,60,61). The fourth-order valence-electron chi connectivity index (χ4n) is 10.2. The number of aromatic nitrogens is 4. The number of rotatable bonds is 9. The van der Waals surface area contributed by atoms with E-state index in [4.69, 9.17) is 0 Å². The van der Waals surface area contributed by atoms with E-state index in [0.717, 1.165) is 18.5 Å². The van der Waals surface area contributed by atoms with Gasteiger partial charge in [0.2, 0.25) is 11.8 Å². The van der Waals surface area contributed by atoms with Crippen LogP contribution in [0.2, 0.25) is 0 Å². The third-order valence-electron chi connectivity index (χ3n) is 13.4. The molecule has 0 saturated carbocycles. The van der Waals surface area contributed by atoms with Crippen LogP contribution in [0, 0.1) is 11.2 Å². The number of hydrogen-bond donors (Lipinski definition) is 3. The number of fused-ring (bicyclic) bond motifs is 4. The number of aliphatic hydroxyl groups excluding tert-OH is 1. The highest BCUT2D eigenvalue weighted by Crippen LogP contribution is 2.40. The first kappa shape index (κ1) is 41.3. The summed E-state index contributed by atoms with van der Waals surface area (Å²) in [5.74, 6) is -1.02. The van der Waals surface area contributed by atoms with Gasteiger partial charge < -0.3 is 29.4 Å². The second-order valence-electron chi connectivity index (χ2n) is 18.3. The molecule has 8 heterocycles. The zero-order chi connectivity index (χ0) is 44.6. The van der Waals surface area contributed by atoms with Crippen molar-refractivity contribution in [2.45, 2.75) is 71.8 Å². The Balaban J connectivity index is 0.793. The Morgan fingerprint density at radius 1 is 0.906 bits per heavy atom. The molecule has 1 atom stereocenters. The van der Waals surface area contributed by atoms with E-state index in [1.165, 1.54) is 26.8 Å². The monoisotopic (exact) mass is 868 g/mol. The van der Waals surface area contributed by atoms with Gasteiger partial charge in [0, 0.05) is 106 Å². The van der Waals surface area contributed by atoms with Gasteiger partial charge in [0.15, 0.2) is 0 Å². The Bertz CT molecular complexity index is 2830. The molecule has 0 spiro atoms. The first-order valence-corrected chi connectivity index (χ1v) is 21.7. The average Bonchev–Trinajstić information content (AvgIpc) is 3.89. The molecular weight excluding hydrogens is 820 g/mol. The quantitative estimate of drug-likeness (QED) is 0.183. The van der Waals surface area contributed by atoms with Crippen LogP contribution in [0.25, 0.3) is 11.1 Å². The molecule has 3 N–H and O–H groups in total. The normalized spacial score (nSPS) is 19.5. The van der Waals surface area contributed by atoms with E-state index in [9.17, 15) is 29.1 Å². The Morgan fingerprint density at radius 2 is 1.72 bits per heavy atom. The number of halogens is 1. The minimum Gasteiger partial charge on any atom is -0.392 e. The molecule has 64 heavy (non-hydrogen) atoms. The molecule has 10 rings (SSSR count). The van der Waals surface area contributed by atoms with E-state index in [2.05, 4.69) is 48.8 Å². The largest absolute Gasteiger partial charge is 0.392 e. The third kappa shape index (κ3) is 7.31. The van der Waals surface area contributed by atoms with Gasteiger partial charge in [-0.1, -0.05) is 13.8 Å². The molecular formula is C47H49FN10O6. The molecule has 5 aliphatic rings. The van der Waals surface area contributed by atoms with E-state index in [1.54, 1.807) is 48.7 Å². The molecule has 4 aliphatic heterocycles. The van der Waals surface area contributed by atoms with Gasteiger partial charge in [0.05, 0.1) is 18.5 Å². The lowest BCUT2D eigenvalue weighted by molar-refractivity contribution is -0.136. The SMILES string of the molecule is Cn1cc(-c2ccnc(N3CCn4c(cc5c4CC(C)(C)C5)C3=O)c2CO)cc(Nc2ccc(N3CCN(Cc4cc5c(cc4F)C(=O)N(C4CCC(=O)NC4=O)C5)CC3)cn2)c1=O. The molecule has 1 unspecified atom stereocenters. The maximum absolute atomic E-state index is 15.4. The Hall–Kier alpha value is -6.72. The number of piperazine rings is 1. The number of anilines is 4. The van der Waals surface area contributed by atoms with Crippen molar-refractivity contribution in [1.82, 2.24) is 34.2 Å². The molecule has 330 valence electrons. The lowest BCUT2D eigenvalue weighted by Crippen LogP contribution is -2.52. The van der Waals surface area contributed by atoms with Crippen LogP contribution in [-0.2, 0) is 55.7 Å². The van der Waals surface area contributed by atoms with Crippen LogP contribution in [0.4, 0.5) is 27.4 Å². The summed E-state index contributed by atoms with van der Waals surface area (Å²) >= 11 is 0. The molecule has 1 aromatic carbocycles. The zero-order valence-corrected chi connectivity index (χ0v) is 36.0. The van der Waals surface area contributed by atoms with E-state index < -0.39 is 23.7 Å². The van der Waals surface area contributed by atoms with Crippen LogP contribution in [0.5, 0.6) is 0 Å². The van der Waals surface area contributed by atoms with Gasteiger partial charge in [-0.25, -0.2) is 14.4 Å². The van der Waals surface area contributed by atoms with Crippen LogP contribution in [0.3, 0.4) is 0 Å². The van der Waals surface area contributed by atoms with Crippen LogP contribution in [0.1, 0.15) is 75.5 Å². The van der Waals surface area contributed by atoms with Gasteiger partial charge in [0.1, 0.15) is 34.9 Å². The van der Waals surface area contributed by atoms with Crippen LogP contribution < -0.4 is 26.0 Å². The molecule has 0 bridgehead atoms. The maximum atomic E-state index is 15.4. The summed E-state index contributed by atoms with van der Waals surface area (Å²) in [5, 5.41) is 16.2. The van der Waals surface area contributed by atoms with Gasteiger partial charge in [-0.3, -0.25) is 39.1 Å². The van der Waals surface area contributed by atoms with Gasteiger partial charge in [-0.05, 0) is 83.8 Å². The van der Waals surface area contributed by atoms with E-state index in [-0.39, 0.29) is 60.0 Å². The van der Waals surface area contributed by atoms with Crippen molar-refractivity contribution in [3.63, 3.8) is 0 Å². The molecule has 2 saturated heterocycles. The zero-order valence-electron chi connectivity index (χ0n) is 36.0.